The lowest BCUT2D eigenvalue weighted by molar-refractivity contribution is 0.151. The van der Waals surface area contributed by atoms with Gasteiger partial charge in [-0.25, -0.2) is 4.98 Å². The van der Waals surface area contributed by atoms with Crippen molar-refractivity contribution in [2.24, 2.45) is 0 Å². The molecule has 23 heavy (non-hydrogen) atoms. The third-order valence-electron chi connectivity index (χ3n) is 3.76. The minimum atomic E-state index is 0.646. The first-order valence-corrected chi connectivity index (χ1v) is 8.50. The van der Waals surface area contributed by atoms with Crippen molar-refractivity contribution in [2.45, 2.75) is 27.2 Å². The lowest BCUT2D eigenvalue weighted by Gasteiger charge is -2.19. The molecule has 0 amide bonds. The van der Waals surface area contributed by atoms with Crippen LogP contribution in [0.1, 0.15) is 26.3 Å². The van der Waals surface area contributed by atoms with E-state index in [2.05, 4.69) is 34.8 Å². The number of pyridine rings is 2. The van der Waals surface area contributed by atoms with Gasteiger partial charge in [0.1, 0.15) is 5.82 Å². The maximum absolute atomic E-state index is 6.10. The largest absolute Gasteiger partial charge is 0.381 e. The zero-order valence-corrected chi connectivity index (χ0v) is 14.8. The molecule has 2 aromatic rings. The molecular weight excluding hydrogens is 310 g/mol. The first-order chi connectivity index (χ1) is 11.2. The van der Waals surface area contributed by atoms with Crippen LogP contribution in [0.5, 0.6) is 0 Å². The first-order valence-electron chi connectivity index (χ1n) is 8.13. The summed E-state index contributed by atoms with van der Waals surface area (Å²) in [4.78, 5) is 11.3. The van der Waals surface area contributed by atoms with E-state index in [1.807, 2.05) is 25.3 Å². The highest BCUT2D eigenvalue weighted by molar-refractivity contribution is 6.30. The van der Waals surface area contributed by atoms with Crippen molar-refractivity contribution in [3.8, 4) is 11.3 Å². The molecule has 2 aromatic heterocycles. The molecule has 0 aromatic carbocycles. The Morgan fingerprint density at radius 2 is 1.87 bits per heavy atom. The van der Waals surface area contributed by atoms with Crippen LogP contribution in [0.25, 0.3) is 11.3 Å². The lowest BCUT2D eigenvalue weighted by Crippen LogP contribution is -2.22. The van der Waals surface area contributed by atoms with E-state index in [-0.39, 0.29) is 0 Å². The second-order valence-electron chi connectivity index (χ2n) is 5.19. The van der Waals surface area contributed by atoms with Gasteiger partial charge in [0.05, 0.1) is 17.3 Å². The van der Waals surface area contributed by atoms with Crippen molar-refractivity contribution >= 4 is 17.4 Å². The topological polar surface area (TPSA) is 38.2 Å². The molecule has 0 saturated carbocycles. The molecule has 5 heteroatoms. The van der Waals surface area contributed by atoms with E-state index >= 15 is 0 Å². The third-order valence-corrected chi connectivity index (χ3v) is 3.97. The SMILES string of the molecule is CCOCCc1cc(Cl)cnc1-c1ccc(N(CC)CC)nc1. The Kier molecular flexibility index (Phi) is 6.81. The van der Waals surface area contributed by atoms with Crippen LogP contribution < -0.4 is 4.90 Å². The average molecular weight is 334 g/mol. The lowest BCUT2D eigenvalue weighted by atomic mass is 10.1. The summed E-state index contributed by atoms with van der Waals surface area (Å²) in [6, 6.07) is 6.08. The minimum absolute atomic E-state index is 0.646. The molecule has 2 rings (SSSR count). The molecule has 124 valence electrons. The Hall–Kier alpha value is -1.65. The summed E-state index contributed by atoms with van der Waals surface area (Å²) in [5.74, 6) is 0.989. The number of anilines is 1. The van der Waals surface area contributed by atoms with Crippen LogP contribution in [-0.2, 0) is 11.2 Å². The Labute approximate surface area is 143 Å². The molecule has 0 radical (unpaired) electrons. The van der Waals surface area contributed by atoms with Gasteiger partial charge in [0.15, 0.2) is 0 Å². The predicted octanol–water partition coefficient (Wildman–Crippen LogP) is 4.22. The standard InChI is InChI=1S/C18H24ClN3O/c1-4-22(5-2)17-8-7-15(12-20-17)18-14(9-10-23-6-3)11-16(19)13-21-18/h7-8,11-13H,4-6,9-10H2,1-3H3. The molecule has 0 aliphatic rings. The number of rotatable bonds is 8. The number of ether oxygens (including phenoxy) is 1. The number of nitrogens with zero attached hydrogens (tertiary/aromatic N) is 3. The molecule has 0 aliphatic heterocycles. The van der Waals surface area contributed by atoms with E-state index in [0.29, 0.717) is 18.2 Å². The number of hydrogen-bond donors (Lipinski definition) is 0. The van der Waals surface area contributed by atoms with E-state index in [4.69, 9.17) is 16.3 Å². The minimum Gasteiger partial charge on any atom is -0.381 e. The molecule has 0 fully saturated rings. The summed E-state index contributed by atoms with van der Waals surface area (Å²) in [6.07, 6.45) is 4.35. The van der Waals surface area contributed by atoms with Gasteiger partial charge in [-0.3, -0.25) is 4.98 Å². The highest BCUT2D eigenvalue weighted by atomic mass is 35.5. The number of halogens is 1. The molecule has 0 bridgehead atoms. The van der Waals surface area contributed by atoms with E-state index < -0.39 is 0 Å². The van der Waals surface area contributed by atoms with Crippen molar-refractivity contribution in [1.29, 1.82) is 0 Å². The molecule has 0 N–H and O–H groups in total. The third kappa shape index (κ3) is 4.66. The zero-order valence-electron chi connectivity index (χ0n) is 14.1. The smallest absolute Gasteiger partial charge is 0.128 e. The molecule has 4 nitrogen and oxygen atoms in total. The quantitative estimate of drug-likeness (QED) is 0.678. The fourth-order valence-electron chi connectivity index (χ4n) is 2.52. The summed E-state index contributed by atoms with van der Waals surface area (Å²) < 4.78 is 5.45. The van der Waals surface area contributed by atoms with Crippen LogP contribution in [0.15, 0.2) is 30.6 Å². The van der Waals surface area contributed by atoms with E-state index in [1.165, 1.54) is 0 Å². The normalized spacial score (nSPS) is 10.8. The molecule has 2 heterocycles. The summed E-state index contributed by atoms with van der Waals surface area (Å²) in [5.41, 5.74) is 3.01. The maximum Gasteiger partial charge on any atom is 0.128 e. The molecule has 0 aliphatic carbocycles. The highest BCUT2D eigenvalue weighted by Gasteiger charge is 2.10. The number of aromatic nitrogens is 2. The first kappa shape index (κ1) is 17.7. The van der Waals surface area contributed by atoms with Gasteiger partial charge in [-0.15, -0.1) is 0 Å². The second-order valence-corrected chi connectivity index (χ2v) is 5.62. The fraction of sp³-hybridized carbons (Fsp3) is 0.444. The fourth-order valence-corrected chi connectivity index (χ4v) is 2.70. The monoisotopic (exact) mass is 333 g/mol. The maximum atomic E-state index is 6.10. The van der Waals surface area contributed by atoms with Crippen LogP contribution in [0.2, 0.25) is 5.02 Å². The van der Waals surface area contributed by atoms with Crippen LogP contribution in [-0.4, -0.2) is 36.3 Å². The summed E-state index contributed by atoms with van der Waals surface area (Å²) in [5, 5.41) is 0.646. The molecule has 0 spiro atoms. The van der Waals surface area contributed by atoms with Crippen molar-refractivity contribution in [2.75, 3.05) is 31.2 Å². The predicted molar refractivity (Wildman–Crippen MR) is 96.2 cm³/mol. The van der Waals surface area contributed by atoms with Crippen LogP contribution in [0, 0.1) is 0 Å². The van der Waals surface area contributed by atoms with Gasteiger partial charge in [0.2, 0.25) is 0 Å². The average Bonchev–Trinajstić information content (AvgIpc) is 2.57. The van der Waals surface area contributed by atoms with Crippen LogP contribution >= 0.6 is 11.6 Å². The van der Waals surface area contributed by atoms with Crippen molar-refractivity contribution < 1.29 is 4.74 Å². The van der Waals surface area contributed by atoms with E-state index in [1.54, 1.807) is 6.20 Å². The zero-order chi connectivity index (χ0) is 16.7. The Morgan fingerprint density at radius 1 is 1.09 bits per heavy atom. The van der Waals surface area contributed by atoms with Gasteiger partial charge < -0.3 is 9.64 Å². The Morgan fingerprint density at radius 3 is 2.48 bits per heavy atom. The van der Waals surface area contributed by atoms with Crippen molar-refractivity contribution in [3.05, 3.63) is 41.2 Å². The van der Waals surface area contributed by atoms with E-state index in [0.717, 1.165) is 42.1 Å². The van der Waals surface area contributed by atoms with Crippen LogP contribution in [0.4, 0.5) is 5.82 Å². The summed E-state index contributed by atoms with van der Waals surface area (Å²) >= 11 is 6.10. The molecular formula is C18H24ClN3O. The second kappa shape index (κ2) is 8.85. The molecule has 0 saturated heterocycles. The van der Waals surface area contributed by atoms with Gasteiger partial charge in [-0.1, -0.05) is 11.6 Å². The molecule has 0 atom stereocenters. The van der Waals surface area contributed by atoms with E-state index in [9.17, 15) is 0 Å². The van der Waals surface area contributed by atoms with Gasteiger partial charge in [-0.05, 0) is 51.0 Å². The Bertz CT molecular complexity index is 612. The number of hydrogen-bond acceptors (Lipinski definition) is 4. The summed E-state index contributed by atoms with van der Waals surface area (Å²) in [6.45, 7) is 9.52. The van der Waals surface area contributed by atoms with Crippen molar-refractivity contribution in [3.63, 3.8) is 0 Å². The van der Waals surface area contributed by atoms with Gasteiger partial charge in [-0.2, -0.15) is 0 Å². The Balaban J connectivity index is 2.26. The highest BCUT2D eigenvalue weighted by Crippen LogP contribution is 2.25. The van der Waals surface area contributed by atoms with Crippen LogP contribution in [0.3, 0.4) is 0 Å². The van der Waals surface area contributed by atoms with Crippen molar-refractivity contribution in [1.82, 2.24) is 9.97 Å². The molecule has 0 unspecified atom stereocenters. The van der Waals surface area contributed by atoms with Gasteiger partial charge >= 0.3 is 0 Å². The van der Waals surface area contributed by atoms with Gasteiger partial charge in [0.25, 0.3) is 0 Å². The van der Waals surface area contributed by atoms with Gasteiger partial charge in [0, 0.05) is 37.7 Å². The summed E-state index contributed by atoms with van der Waals surface area (Å²) in [7, 11) is 0.